The van der Waals surface area contributed by atoms with Crippen molar-refractivity contribution in [1.82, 2.24) is 0 Å². The van der Waals surface area contributed by atoms with Crippen LogP contribution in [-0.4, -0.2) is 72.4 Å². The first-order chi connectivity index (χ1) is 10.2. The van der Waals surface area contributed by atoms with Gasteiger partial charge in [0.2, 0.25) is 4.75 Å². The van der Waals surface area contributed by atoms with E-state index in [4.69, 9.17) is 9.47 Å². The van der Waals surface area contributed by atoms with Gasteiger partial charge in [-0.05, 0) is 20.3 Å². The summed E-state index contributed by atoms with van der Waals surface area (Å²) < 4.78 is 40.4. The molecule has 0 rings (SSSR count). The van der Waals surface area contributed by atoms with E-state index in [2.05, 4.69) is 0 Å². The molecule has 0 spiro atoms. The second kappa shape index (κ2) is 12.2. The van der Waals surface area contributed by atoms with Gasteiger partial charge in [0.15, 0.2) is 0 Å². The van der Waals surface area contributed by atoms with Gasteiger partial charge in [-0.15, -0.1) is 0 Å². The zero-order chi connectivity index (χ0) is 17.2. The number of carbonyl (C=O) groups is 2. The van der Waals surface area contributed by atoms with E-state index in [1.807, 2.05) is 6.92 Å². The molecule has 9 heteroatoms. The average Bonchev–Trinajstić information content (AvgIpc) is 2.41. The van der Waals surface area contributed by atoms with Crippen LogP contribution in [0.2, 0.25) is 0 Å². The number of unbranched alkanes of at least 4 members (excludes halogenated alkanes) is 3. The summed E-state index contributed by atoms with van der Waals surface area (Å²) in [4.78, 5) is 23.8. The van der Waals surface area contributed by atoms with Crippen molar-refractivity contribution in [2.75, 3.05) is 13.2 Å². The van der Waals surface area contributed by atoms with Gasteiger partial charge in [-0.2, -0.15) is 8.42 Å². The van der Waals surface area contributed by atoms with E-state index in [1.165, 1.54) is 6.92 Å². The molecule has 0 fully saturated rings. The topological polar surface area (TPSA) is 107 Å². The zero-order valence-electron chi connectivity index (χ0n) is 14.5. The molecular formula is C14H26NaO7S. The molecule has 0 bridgehead atoms. The number of rotatable bonds is 11. The van der Waals surface area contributed by atoms with Gasteiger partial charge in [0, 0.05) is 29.6 Å². The monoisotopic (exact) mass is 361 g/mol. The Hall–Kier alpha value is -0.150. The fraction of sp³-hybridized carbons (Fsp3) is 0.857. The van der Waals surface area contributed by atoms with Crippen LogP contribution in [0.15, 0.2) is 0 Å². The maximum Gasteiger partial charge on any atom is 0.330 e. The first kappa shape index (κ1) is 25.1. The average molecular weight is 361 g/mol. The largest absolute Gasteiger partial charge is 0.466 e. The molecule has 1 radical (unpaired) electrons. The molecule has 7 nitrogen and oxygen atoms in total. The molecule has 1 unspecified atom stereocenters. The Kier molecular flexibility index (Phi) is 13.4. The van der Waals surface area contributed by atoms with Gasteiger partial charge in [0.25, 0.3) is 10.1 Å². The number of hydrogen-bond donors (Lipinski definition) is 1. The predicted octanol–water partition coefficient (Wildman–Crippen LogP) is 1.72. The number of hydrogen-bond acceptors (Lipinski definition) is 6. The van der Waals surface area contributed by atoms with Crippen LogP contribution in [0.3, 0.4) is 0 Å². The standard InChI is InChI=1S/C14H26O7S.Na/c1-4-7-8-9-10-14(22(17,18)19,13(16)21-6-3)11-12(15)20-5-2;/h4-11H2,1-3H3,(H,17,18,19);. The summed E-state index contributed by atoms with van der Waals surface area (Å²) in [5, 5.41) is 0. The third-order valence-corrected chi connectivity index (χ3v) is 4.81. The fourth-order valence-corrected chi connectivity index (χ4v) is 3.11. The molecule has 0 aliphatic heterocycles. The molecule has 0 saturated carbocycles. The summed E-state index contributed by atoms with van der Waals surface area (Å²) in [5.41, 5.74) is 0. The molecule has 0 aromatic carbocycles. The SMILES string of the molecule is CCCCCCC(CC(=O)OCC)(C(=O)OCC)S(=O)(=O)O.[Na]. The number of esters is 2. The molecular weight excluding hydrogens is 335 g/mol. The molecule has 0 aliphatic rings. The Morgan fingerprint density at radius 3 is 2.00 bits per heavy atom. The van der Waals surface area contributed by atoms with Crippen molar-refractivity contribution >= 4 is 51.6 Å². The Morgan fingerprint density at radius 1 is 1.00 bits per heavy atom. The van der Waals surface area contributed by atoms with Crippen LogP contribution in [0.5, 0.6) is 0 Å². The first-order valence-electron chi connectivity index (χ1n) is 7.55. The minimum Gasteiger partial charge on any atom is -0.466 e. The Morgan fingerprint density at radius 2 is 1.57 bits per heavy atom. The van der Waals surface area contributed by atoms with E-state index in [9.17, 15) is 22.6 Å². The zero-order valence-corrected chi connectivity index (χ0v) is 17.3. The van der Waals surface area contributed by atoms with Crippen molar-refractivity contribution in [2.24, 2.45) is 0 Å². The molecule has 0 aromatic rings. The minimum absolute atomic E-state index is 0. The van der Waals surface area contributed by atoms with Gasteiger partial charge in [-0.3, -0.25) is 14.1 Å². The summed E-state index contributed by atoms with van der Waals surface area (Å²) in [6.07, 6.45) is 1.94. The van der Waals surface area contributed by atoms with Crippen LogP contribution < -0.4 is 0 Å². The van der Waals surface area contributed by atoms with E-state index >= 15 is 0 Å². The molecule has 0 heterocycles. The van der Waals surface area contributed by atoms with Gasteiger partial charge >= 0.3 is 11.9 Å². The van der Waals surface area contributed by atoms with Gasteiger partial charge < -0.3 is 9.47 Å². The van der Waals surface area contributed by atoms with E-state index in [-0.39, 0.29) is 49.2 Å². The maximum atomic E-state index is 12.1. The summed E-state index contributed by atoms with van der Waals surface area (Å²) in [6.45, 7) is 5.08. The second-order valence-electron chi connectivity index (χ2n) is 4.98. The van der Waals surface area contributed by atoms with Gasteiger partial charge in [0.1, 0.15) is 0 Å². The summed E-state index contributed by atoms with van der Waals surface area (Å²) in [6, 6.07) is 0. The van der Waals surface area contributed by atoms with E-state index in [1.54, 1.807) is 6.92 Å². The van der Waals surface area contributed by atoms with Gasteiger partial charge in [-0.1, -0.05) is 32.6 Å². The summed E-state index contributed by atoms with van der Waals surface area (Å²) >= 11 is 0. The fourth-order valence-electron chi connectivity index (χ4n) is 2.13. The van der Waals surface area contributed by atoms with Crippen molar-refractivity contribution in [3.8, 4) is 0 Å². The first-order valence-corrected chi connectivity index (χ1v) is 8.99. The minimum atomic E-state index is -4.82. The van der Waals surface area contributed by atoms with E-state index < -0.39 is 33.2 Å². The van der Waals surface area contributed by atoms with E-state index in [0.29, 0.717) is 12.8 Å². The van der Waals surface area contributed by atoms with Crippen LogP contribution in [0, 0.1) is 0 Å². The molecule has 0 amide bonds. The van der Waals surface area contributed by atoms with Crippen LogP contribution >= 0.6 is 0 Å². The third kappa shape index (κ3) is 7.98. The molecule has 23 heavy (non-hydrogen) atoms. The molecule has 0 saturated heterocycles. The van der Waals surface area contributed by atoms with Gasteiger partial charge in [-0.25, -0.2) is 0 Å². The van der Waals surface area contributed by atoms with Crippen molar-refractivity contribution in [1.29, 1.82) is 0 Å². The third-order valence-electron chi connectivity index (χ3n) is 3.31. The molecule has 0 aliphatic carbocycles. The van der Waals surface area contributed by atoms with Crippen molar-refractivity contribution in [3.63, 3.8) is 0 Å². The summed E-state index contributed by atoms with van der Waals surface area (Å²) in [7, 11) is -4.82. The van der Waals surface area contributed by atoms with Crippen LogP contribution in [0.25, 0.3) is 0 Å². The Labute approximate surface area is 160 Å². The van der Waals surface area contributed by atoms with Crippen LogP contribution in [0.4, 0.5) is 0 Å². The van der Waals surface area contributed by atoms with Gasteiger partial charge in [0.05, 0.1) is 19.6 Å². The van der Waals surface area contributed by atoms with Crippen molar-refractivity contribution in [2.45, 2.75) is 64.0 Å². The normalized spacial score (nSPS) is 13.6. The number of ether oxygens (including phenoxy) is 2. The molecule has 1 N–H and O–H groups in total. The van der Waals surface area contributed by atoms with Crippen molar-refractivity contribution in [3.05, 3.63) is 0 Å². The van der Waals surface area contributed by atoms with Crippen LogP contribution in [0.1, 0.15) is 59.3 Å². The van der Waals surface area contributed by atoms with E-state index in [0.717, 1.165) is 12.8 Å². The summed E-state index contributed by atoms with van der Waals surface area (Å²) in [5.74, 6) is -1.97. The smallest absolute Gasteiger partial charge is 0.330 e. The molecule has 131 valence electrons. The maximum absolute atomic E-state index is 12.1. The Balaban J connectivity index is 0. The second-order valence-corrected chi connectivity index (χ2v) is 6.71. The molecule has 0 aromatic heterocycles. The quantitative estimate of drug-likeness (QED) is 0.258. The number of carbonyl (C=O) groups excluding carboxylic acids is 2. The van der Waals surface area contributed by atoms with Crippen LogP contribution in [-0.2, 0) is 29.2 Å². The Bertz CT molecular complexity index is 464. The van der Waals surface area contributed by atoms with Crippen molar-refractivity contribution < 1.29 is 32.0 Å². The predicted molar refractivity (Wildman–Crippen MR) is 86.7 cm³/mol. The molecule has 1 atom stereocenters.